The first-order valence-electron chi connectivity index (χ1n) is 6.08. The molecular formula is C16H11FO3. The second-order valence-corrected chi connectivity index (χ2v) is 4.63. The number of phenols is 1. The molecule has 0 saturated heterocycles. The Kier molecular flexibility index (Phi) is 2.79. The Morgan fingerprint density at radius 1 is 1.25 bits per heavy atom. The number of halogens is 1. The van der Waals surface area contributed by atoms with Crippen LogP contribution < -0.4 is 4.74 Å². The Hall–Kier alpha value is -2.62. The Labute approximate surface area is 114 Å². The first-order valence-corrected chi connectivity index (χ1v) is 6.08. The maximum atomic E-state index is 13.1. The van der Waals surface area contributed by atoms with Gasteiger partial charge in [0.2, 0.25) is 5.78 Å². The fraction of sp³-hybridized carbons (Fsp3) is 0.0625. The lowest BCUT2D eigenvalue weighted by atomic mass is 10.0. The molecule has 0 bridgehead atoms. The van der Waals surface area contributed by atoms with Crippen LogP contribution in [0.1, 0.15) is 21.5 Å². The third kappa shape index (κ3) is 2.05. The van der Waals surface area contributed by atoms with Crippen LogP contribution in [0.5, 0.6) is 11.5 Å². The van der Waals surface area contributed by atoms with E-state index >= 15 is 0 Å². The van der Waals surface area contributed by atoms with Gasteiger partial charge in [0.25, 0.3) is 0 Å². The van der Waals surface area contributed by atoms with Gasteiger partial charge in [0.1, 0.15) is 17.3 Å². The molecule has 0 unspecified atom stereocenters. The molecule has 0 atom stereocenters. The summed E-state index contributed by atoms with van der Waals surface area (Å²) in [5.74, 6) is -0.145. The van der Waals surface area contributed by atoms with Gasteiger partial charge in [0.15, 0.2) is 5.76 Å². The molecule has 20 heavy (non-hydrogen) atoms. The van der Waals surface area contributed by atoms with Gasteiger partial charge >= 0.3 is 0 Å². The Morgan fingerprint density at radius 3 is 2.80 bits per heavy atom. The molecule has 2 aromatic carbocycles. The number of Topliss-reactive ketones (excluding diaryl/α,β-unsaturated/α-hetero) is 1. The molecule has 1 N–H and O–H groups in total. The second-order valence-electron chi connectivity index (χ2n) is 4.63. The van der Waals surface area contributed by atoms with Crippen molar-refractivity contribution in [1.29, 1.82) is 0 Å². The van der Waals surface area contributed by atoms with E-state index in [0.29, 0.717) is 22.4 Å². The molecule has 1 aliphatic heterocycles. The van der Waals surface area contributed by atoms with Crippen molar-refractivity contribution in [3.05, 3.63) is 64.7 Å². The minimum atomic E-state index is -0.379. The molecule has 2 aromatic rings. The van der Waals surface area contributed by atoms with Crippen LogP contribution in [-0.2, 0) is 0 Å². The normalized spacial score (nSPS) is 15.3. The number of hydrogen-bond donors (Lipinski definition) is 1. The number of ether oxygens (including phenoxy) is 1. The number of ketones is 1. The van der Waals surface area contributed by atoms with Crippen molar-refractivity contribution in [2.24, 2.45) is 0 Å². The van der Waals surface area contributed by atoms with Gasteiger partial charge in [0, 0.05) is 6.07 Å². The molecule has 0 spiro atoms. The first-order chi connectivity index (χ1) is 9.54. The largest absolute Gasteiger partial charge is 0.508 e. The van der Waals surface area contributed by atoms with Crippen LogP contribution in [0.4, 0.5) is 4.39 Å². The highest BCUT2D eigenvalue weighted by molar-refractivity contribution is 6.15. The zero-order valence-electron chi connectivity index (χ0n) is 10.7. The molecule has 4 heteroatoms. The standard InChI is InChI=1S/C16H11FO3/c1-9-5-12(18)8-13-15(9)16(19)14(20-13)7-10-3-2-4-11(17)6-10/h2-8,18H,1H3/b14-7-. The molecular weight excluding hydrogens is 259 g/mol. The molecule has 0 amide bonds. The van der Waals surface area contributed by atoms with Crippen LogP contribution in [-0.4, -0.2) is 10.9 Å². The van der Waals surface area contributed by atoms with Crippen molar-refractivity contribution in [3.63, 3.8) is 0 Å². The minimum absolute atomic E-state index is 0.0426. The summed E-state index contributed by atoms with van der Waals surface area (Å²) in [4.78, 5) is 12.2. The first kappa shape index (κ1) is 12.4. The number of carbonyl (C=O) groups excluding carboxylic acids is 1. The van der Waals surface area contributed by atoms with Crippen LogP contribution in [0.3, 0.4) is 0 Å². The number of aromatic hydroxyl groups is 1. The number of fused-ring (bicyclic) bond motifs is 1. The number of hydrogen-bond acceptors (Lipinski definition) is 3. The fourth-order valence-electron chi connectivity index (χ4n) is 2.24. The van der Waals surface area contributed by atoms with E-state index in [1.165, 1.54) is 30.3 Å². The van der Waals surface area contributed by atoms with Crippen molar-refractivity contribution in [2.45, 2.75) is 6.92 Å². The summed E-state index contributed by atoms with van der Waals surface area (Å²) in [5, 5.41) is 9.52. The molecule has 0 fully saturated rings. The van der Waals surface area contributed by atoms with E-state index in [1.807, 2.05) is 0 Å². The summed E-state index contributed by atoms with van der Waals surface area (Å²) in [5.41, 5.74) is 1.63. The molecule has 0 aliphatic carbocycles. The predicted molar refractivity (Wildman–Crippen MR) is 72.2 cm³/mol. The molecule has 0 aromatic heterocycles. The zero-order valence-corrected chi connectivity index (χ0v) is 10.7. The molecule has 0 radical (unpaired) electrons. The number of phenolic OH excluding ortho intramolecular Hbond substituents is 1. The molecule has 3 rings (SSSR count). The third-order valence-corrected chi connectivity index (χ3v) is 3.10. The summed E-state index contributed by atoms with van der Waals surface area (Å²) in [6, 6.07) is 8.79. The van der Waals surface area contributed by atoms with E-state index in [9.17, 15) is 14.3 Å². The van der Waals surface area contributed by atoms with E-state index in [0.717, 1.165) is 0 Å². The number of allylic oxidation sites excluding steroid dienone is 1. The lowest BCUT2D eigenvalue weighted by Gasteiger charge is -2.01. The fourth-order valence-corrected chi connectivity index (χ4v) is 2.24. The van der Waals surface area contributed by atoms with Crippen molar-refractivity contribution in [2.75, 3.05) is 0 Å². The maximum absolute atomic E-state index is 13.1. The van der Waals surface area contributed by atoms with Gasteiger partial charge in [-0.05, 0) is 42.3 Å². The lowest BCUT2D eigenvalue weighted by molar-refractivity contribution is 0.101. The van der Waals surface area contributed by atoms with Crippen molar-refractivity contribution in [1.82, 2.24) is 0 Å². The van der Waals surface area contributed by atoms with E-state index in [4.69, 9.17) is 4.74 Å². The Bertz CT molecular complexity index is 747. The number of aryl methyl sites for hydroxylation is 1. The summed E-state index contributed by atoms with van der Waals surface area (Å²) >= 11 is 0. The van der Waals surface area contributed by atoms with Gasteiger partial charge in [-0.1, -0.05) is 12.1 Å². The second kappa shape index (κ2) is 4.49. The minimum Gasteiger partial charge on any atom is -0.508 e. The van der Waals surface area contributed by atoms with E-state index in [-0.39, 0.29) is 23.1 Å². The predicted octanol–water partition coefficient (Wildman–Crippen LogP) is 3.46. The highest BCUT2D eigenvalue weighted by Gasteiger charge is 2.29. The quantitative estimate of drug-likeness (QED) is 0.807. The summed E-state index contributed by atoms with van der Waals surface area (Å²) in [6.45, 7) is 1.73. The lowest BCUT2D eigenvalue weighted by Crippen LogP contribution is -1.99. The van der Waals surface area contributed by atoms with Gasteiger partial charge in [-0.3, -0.25) is 4.79 Å². The molecule has 100 valence electrons. The van der Waals surface area contributed by atoms with Gasteiger partial charge in [-0.25, -0.2) is 4.39 Å². The smallest absolute Gasteiger partial charge is 0.232 e. The average molecular weight is 270 g/mol. The Morgan fingerprint density at radius 2 is 2.05 bits per heavy atom. The van der Waals surface area contributed by atoms with Crippen LogP contribution in [0.25, 0.3) is 6.08 Å². The number of carbonyl (C=O) groups is 1. The zero-order chi connectivity index (χ0) is 14.3. The van der Waals surface area contributed by atoms with E-state index in [1.54, 1.807) is 19.1 Å². The molecule has 3 nitrogen and oxygen atoms in total. The van der Waals surface area contributed by atoms with Crippen LogP contribution >= 0.6 is 0 Å². The average Bonchev–Trinajstić information content (AvgIpc) is 2.66. The van der Waals surface area contributed by atoms with Gasteiger partial charge in [-0.2, -0.15) is 0 Å². The van der Waals surface area contributed by atoms with Crippen molar-refractivity contribution >= 4 is 11.9 Å². The van der Waals surface area contributed by atoms with Crippen LogP contribution in [0.2, 0.25) is 0 Å². The molecule has 1 heterocycles. The molecule has 0 saturated carbocycles. The van der Waals surface area contributed by atoms with Crippen LogP contribution in [0, 0.1) is 12.7 Å². The van der Waals surface area contributed by atoms with Crippen molar-refractivity contribution < 1.29 is 19.0 Å². The highest BCUT2D eigenvalue weighted by Crippen LogP contribution is 2.37. The van der Waals surface area contributed by atoms with Crippen LogP contribution in [0.15, 0.2) is 42.2 Å². The highest BCUT2D eigenvalue weighted by atomic mass is 19.1. The van der Waals surface area contributed by atoms with Gasteiger partial charge in [-0.15, -0.1) is 0 Å². The van der Waals surface area contributed by atoms with Gasteiger partial charge < -0.3 is 9.84 Å². The van der Waals surface area contributed by atoms with E-state index < -0.39 is 0 Å². The third-order valence-electron chi connectivity index (χ3n) is 3.10. The van der Waals surface area contributed by atoms with Gasteiger partial charge in [0.05, 0.1) is 5.56 Å². The topological polar surface area (TPSA) is 46.5 Å². The summed E-state index contributed by atoms with van der Waals surface area (Å²) in [6.07, 6.45) is 1.49. The number of benzene rings is 2. The summed E-state index contributed by atoms with van der Waals surface area (Å²) in [7, 11) is 0. The Balaban J connectivity index is 2.04. The van der Waals surface area contributed by atoms with Crippen molar-refractivity contribution in [3.8, 4) is 11.5 Å². The maximum Gasteiger partial charge on any atom is 0.232 e. The monoisotopic (exact) mass is 270 g/mol. The SMILES string of the molecule is Cc1cc(O)cc2c1C(=O)/C(=C/c1cccc(F)c1)O2. The summed E-state index contributed by atoms with van der Waals surface area (Å²) < 4.78 is 18.6. The molecule has 1 aliphatic rings. The van der Waals surface area contributed by atoms with E-state index in [2.05, 4.69) is 0 Å². The number of rotatable bonds is 1.